The predicted octanol–water partition coefficient (Wildman–Crippen LogP) is 2.56. The van der Waals surface area contributed by atoms with Crippen molar-refractivity contribution in [3.63, 3.8) is 0 Å². The topological polar surface area (TPSA) is 55.4 Å². The standard InChI is InChI=1S/C16H21NO3/c1-5-11-20-15(19)13(16(2,3)4)17-14(18)12-9-7-6-8-10-12/h5-10,13H,1,11H2,2-4H3,(H,17,18)/t13-/m1/s1. The summed E-state index contributed by atoms with van der Waals surface area (Å²) in [4.78, 5) is 24.2. The van der Waals surface area contributed by atoms with E-state index in [1.807, 2.05) is 26.8 Å². The molecule has 0 saturated heterocycles. The molecule has 1 aromatic rings. The van der Waals surface area contributed by atoms with Crippen molar-refractivity contribution in [2.45, 2.75) is 26.8 Å². The molecule has 0 aliphatic rings. The highest BCUT2D eigenvalue weighted by Gasteiger charge is 2.34. The molecule has 0 unspecified atom stereocenters. The monoisotopic (exact) mass is 275 g/mol. The first-order valence-corrected chi connectivity index (χ1v) is 6.49. The first-order valence-electron chi connectivity index (χ1n) is 6.49. The third-order valence-electron chi connectivity index (χ3n) is 2.76. The fourth-order valence-corrected chi connectivity index (χ4v) is 1.66. The quantitative estimate of drug-likeness (QED) is 0.663. The lowest BCUT2D eigenvalue weighted by molar-refractivity contribution is -0.147. The molecule has 0 spiro atoms. The van der Waals surface area contributed by atoms with Crippen molar-refractivity contribution in [1.82, 2.24) is 5.32 Å². The van der Waals surface area contributed by atoms with Crippen molar-refractivity contribution in [2.24, 2.45) is 5.41 Å². The Morgan fingerprint density at radius 2 is 1.90 bits per heavy atom. The molecule has 20 heavy (non-hydrogen) atoms. The molecule has 0 aromatic heterocycles. The molecule has 0 heterocycles. The Labute approximate surface area is 119 Å². The molecule has 0 aliphatic carbocycles. The number of nitrogens with one attached hydrogen (secondary N) is 1. The van der Waals surface area contributed by atoms with Crippen LogP contribution < -0.4 is 5.32 Å². The molecule has 0 aliphatic heterocycles. The highest BCUT2D eigenvalue weighted by Crippen LogP contribution is 2.21. The van der Waals surface area contributed by atoms with Crippen LogP contribution in [-0.2, 0) is 9.53 Å². The Bertz CT molecular complexity index is 474. The number of rotatable bonds is 5. The van der Waals surface area contributed by atoms with Crippen molar-refractivity contribution in [1.29, 1.82) is 0 Å². The first kappa shape index (κ1) is 16.0. The second kappa shape index (κ2) is 6.89. The zero-order valence-electron chi connectivity index (χ0n) is 12.2. The summed E-state index contributed by atoms with van der Waals surface area (Å²) in [6.07, 6.45) is 1.50. The van der Waals surface area contributed by atoms with Gasteiger partial charge in [-0.3, -0.25) is 4.79 Å². The van der Waals surface area contributed by atoms with Crippen LogP contribution >= 0.6 is 0 Å². The van der Waals surface area contributed by atoms with Gasteiger partial charge in [0.2, 0.25) is 0 Å². The van der Waals surface area contributed by atoms with E-state index >= 15 is 0 Å². The van der Waals surface area contributed by atoms with Gasteiger partial charge in [-0.25, -0.2) is 4.79 Å². The molecular formula is C16H21NO3. The molecule has 4 heteroatoms. The lowest BCUT2D eigenvalue weighted by atomic mass is 9.86. The SMILES string of the molecule is C=CCOC(=O)[C@@H](NC(=O)c1ccccc1)C(C)(C)C. The molecule has 0 saturated carbocycles. The smallest absolute Gasteiger partial charge is 0.329 e. The minimum atomic E-state index is -0.713. The van der Waals surface area contributed by atoms with Gasteiger partial charge in [0, 0.05) is 5.56 Å². The van der Waals surface area contributed by atoms with Crippen molar-refractivity contribution in [2.75, 3.05) is 6.61 Å². The van der Waals surface area contributed by atoms with Crippen LogP contribution in [-0.4, -0.2) is 24.5 Å². The second-order valence-corrected chi connectivity index (χ2v) is 5.56. The summed E-state index contributed by atoms with van der Waals surface area (Å²) in [5.74, 6) is -0.747. The van der Waals surface area contributed by atoms with Crippen molar-refractivity contribution >= 4 is 11.9 Å². The maximum atomic E-state index is 12.1. The Morgan fingerprint density at radius 3 is 2.40 bits per heavy atom. The van der Waals surface area contributed by atoms with Crippen LogP contribution in [0.3, 0.4) is 0 Å². The number of benzene rings is 1. The van der Waals surface area contributed by atoms with E-state index in [2.05, 4.69) is 11.9 Å². The van der Waals surface area contributed by atoms with Gasteiger partial charge in [0.1, 0.15) is 12.6 Å². The first-order chi connectivity index (χ1) is 9.36. The molecule has 1 aromatic carbocycles. The zero-order chi connectivity index (χ0) is 15.2. The van der Waals surface area contributed by atoms with Gasteiger partial charge < -0.3 is 10.1 Å². The predicted molar refractivity (Wildman–Crippen MR) is 78.3 cm³/mol. The average Bonchev–Trinajstić information content (AvgIpc) is 2.41. The molecule has 108 valence electrons. The lowest BCUT2D eigenvalue weighted by Gasteiger charge is -2.29. The van der Waals surface area contributed by atoms with E-state index < -0.39 is 17.4 Å². The molecule has 4 nitrogen and oxygen atoms in total. The molecular weight excluding hydrogens is 254 g/mol. The highest BCUT2D eigenvalue weighted by molar-refractivity contribution is 5.96. The van der Waals surface area contributed by atoms with Gasteiger partial charge in [0.15, 0.2) is 0 Å². The van der Waals surface area contributed by atoms with Gasteiger partial charge in [0.05, 0.1) is 0 Å². The number of carbonyl (C=O) groups is 2. The number of hydrogen-bond donors (Lipinski definition) is 1. The summed E-state index contributed by atoms with van der Waals surface area (Å²) in [5.41, 5.74) is 0.0705. The van der Waals surface area contributed by atoms with Crippen molar-refractivity contribution in [3.8, 4) is 0 Å². The van der Waals surface area contributed by atoms with Gasteiger partial charge in [-0.15, -0.1) is 0 Å². The van der Waals surface area contributed by atoms with E-state index in [0.29, 0.717) is 5.56 Å². The van der Waals surface area contributed by atoms with E-state index in [4.69, 9.17) is 4.74 Å². The summed E-state index contributed by atoms with van der Waals surface area (Å²) in [6, 6.07) is 8.06. The average molecular weight is 275 g/mol. The van der Waals surface area contributed by atoms with Gasteiger partial charge in [0.25, 0.3) is 5.91 Å². The maximum Gasteiger partial charge on any atom is 0.329 e. The van der Waals surface area contributed by atoms with Crippen LogP contribution in [0.25, 0.3) is 0 Å². The third kappa shape index (κ3) is 4.53. The Kier molecular flexibility index (Phi) is 5.50. The van der Waals surface area contributed by atoms with Crippen LogP contribution in [0.1, 0.15) is 31.1 Å². The van der Waals surface area contributed by atoms with Crippen LogP contribution in [0.15, 0.2) is 43.0 Å². The third-order valence-corrected chi connectivity index (χ3v) is 2.76. The number of hydrogen-bond acceptors (Lipinski definition) is 3. The largest absolute Gasteiger partial charge is 0.460 e. The molecule has 0 radical (unpaired) electrons. The summed E-state index contributed by atoms with van der Waals surface area (Å²) in [5, 5.41) is 2.73. The van der Waals surface area contributed by atoms with E-state index in [0.717, 1.165) is 0 Å². The molecule has 0 bridgehead atoms. The number of ether oxygens (including phenoxy) is 1. The molecule has 1 N–H and O–H groups in total. The van der Waals surface area contributed by atoms with E-state index in [1.165, 1.54) is 6.08 Å². The molecule has 1 amide bonds. The number of amides is 1. The Morgan fingerprint density at radius 1 is 1.30 bits per heavy atom. The van der Waals surface area contributed by atoms with Gasteiger partial charge in [-0.05, 0) is 17.5 Å². The van der Waals surface area contributed by atoms with E-state index in [1.54, 1.807) is 24.3 Å². The highest BCUT2D eigenvalue weighted by atomic mass is 16.5. The summed E-state index contributed by atoms with van der Waals surface area (Å²) in [7, 11) is 0. The maximum absolute atomic E-state index is 12.1. The van der Waals surface area contributed by atoms with Gasteiger partial charge in [-0.2, -0.15) is 0 Å². The second-order valence-electron chi connectivity index (χ2n) is 5.56. The van der Waals surface area contributed by atoms with Crippen LogP contribution in [0.4, 0.5) is 0 Å². The zero-order valence-corrected chi connectivity index (χ0v) is 12.2. The number of esters is 1. The normalized spacial score (nSPS) is 12.3. The van der Waals surface area contributed by atoms with Crippen LogP contribution in [0.5, 0.6) is 0 Å². The minimum Gasteiger partial charge on any atom is -0.460 e. The van der Waals surface area contributed by atoms with Crippen molar-refractivity contribution < 1.29 is 14.3 Å². The Balaban J connectivity index is 2.83. The molecule has 1 rings (SSSR count). The summed E-state index contributed by atoms with van der Waals surface area (Å²) >= 11 is 0. The van der Waals surface area contributed by atoms with Crippen molar-refractivity contribution in [3.05, 3.63) is 48.6 Å². The Hall–Kier alpha value is -2.10. The lowest BCUT2D eigenvalue weighted by Crippen LogP contribution is -2.49. The minimum absolute atomic E-state index is 0.132. The number of carbonyl (C=O) groups excluding carboxylic acids is 2. The van der Waals surface area contributed by atoms with Crippen LogP contribution in [0, 0.1) is 5.41 Å². The van der Waals surface area contributed by atoms with Gasteiger partial charge in [-0.1, -0.05) is 51.6 Å². The molecule has 0 fully saturated rings. The molecule has 1 atom stereocenters. The van der Waals surface area contributed by atoms with Gasteiger partial charge >= 0.3 is 5.97 Å². The summed E-state index contributed by atoms with van der Waals surface area (Å²) in [6.45, 7) is 9.25. The van der Waals surface area contributed by atoms with Crippen LogP contribution in [0.2, 0.25) is 0 Å². The van der Waals surface area contributed by atoms with E-state index in [-0.39, 0.29) is 12.5 Å². The summed E-state index contributed by atoms with van der Waals surface area (Å²) < 4.78 is 5.04. The van der Waals surface area contributed by atoms with E-state index in [9.17, 15) is 9.59 Å². The fourth-order valence-electron chi connectivity index (χ4n) is 1.66. The fraction of sp³-hybridized carbons (Fsp3) is 0.375.